The number of fused-ring (bicyclic) bond motifs is 2. The van der Waals surface area contributed by atoms with Gasteiger partial charge in [-0.05, 0) is 31.2 Å². The van der Waals surface area contributed by atoms with Crippen LogP contribution in [0.15, 0.2) is 34.7 Å². The Kier molecular flexibility index (Phi) is 7.40. The summed E-state index contributed by atoms with van der Waals surface area (Å²) >= 11 is 6.54. The molecule has 2 aromatic carbocycles. The van der Waals surface area contributed by atoms with Crippen LogP contribution in [0.1, 0.15) is 45.9 Å². The lowest BCUT2D eigenvalue weighted by molar-refractivity contribution is -0.126. The van der Waals surface area contributed by atoms with Crippen molar-refractivity contribution in [3.63, 3.8) is 0 Å². The van der Waals surface area contributed by atoms with Crippen LogP contribution in [0, 0.1) is 5.92 Å². The molecule has 3 atom stereocenters. The van der Waals surface area contributed by atoms with Gasteiger partial charge in [-0.25, -0.2) is 0 Å². The van der Waals surface area contributed by atoms with Gasteiger partial charge in [0.1, 0.15) is 45.4 Å². The van der Waals surface area contributed by atoms with Crippen LogP contribution in [0.5, 0.6) is 23.0 Å². The maximum atomic E-state index is 14.5. The van der Waals surface area contributed by atoms with E-state index in [1.165, 1.54) is 34.3 Å². The van der Waals surface area contributed by atoms with Crippen molar-refractivity contribution in [1.29, 1.82) is 0 Å². The number of benzene rings is 2. The molecule has 0 saturated carbocycles. The molecule has 1 aliphatic carbocycles. The molecule has 11 nitrogen and oxygen atoms in total. The number of furan rings is 1. The van der Waals surface area contributed by atoms with Crippen LogP contribution < -0.4 is 30.0 Å². The number of Topliss-reactive ketones (excluding diaryl/α,β-unsaturated/α-hetero) is 2. The number of nitrogens with one attached hydrogen (secondary N) is 1. The number of carbonyl (C=O) groups excluding carboxylic acids is 4. The first-order valence-electron chi connectivity index (χ1n) is 13.1. The van der Waals surface area contributed by atoms with Gasteiger partial charge in [0, 0.05) is 29.5 Å². The second kappa shape index (κ2) is 10.7. The monoisotopic (exact) mass is 596 g/mol. The molecule has 0 bridgehead atoms. The molecular weight excluding hydrogens is 568 g/mol. The van der Waals surface area contributed by atoms with E-state index in [0.29, 0.717) is 17.1 Å². The smallest absolute Gasteiger partial charge is 0.239 e. The normalized spacial score (nSPS) is 19.5. The zero-order valence-electron chi connectivity index (χ0n) is 23.6. The Labute approximate surface area is 246 Å². The number of amides is 2. The Balaban J connectivity index is 1.66. The quantitative estimate of drug-likeness (QED) is 0.371. The highest BCUT2D eigenvalue weighted by Gasteiger charge is 2.63. The van der Waals surface area contributed by atoms with Crippen LogP contribution in [0.4, 0.5) is 0 Å². The molecule has 0 fully saturated rings. The fraction of sp³-hybridized carbons (Fsp3) is 0.333. The molecule has 2 heterocycles. The Hall–Kier alpha value is -4.51. The van der Waals surface area contributed by atoms with E-state index in [1.54, 1.807) is 31.2 Å². The molecule has 3 N–H and O–H groups in total. The molecule has 42 heavy (non-hydrogen) atoms. The van der Waals surface area contributed by atoms with E-state index >= 15 is 0 Å². The number of methoxy groups -OCH3 is 3. The van der Waals surface area contributed by atoms with Crippen LogP contribution >= 0.6 is 11.6 Å². The number of halogens is 1. The molecular formula is C30H29ClN2O9. The molecule has 1 aromatic heterocycles. The molecule has 220 valence electrons. The number of ketones is 2. The Morgan fingerprint density at radius 1 is 1.07 bits per heavy atom. The van der Waals surface area contributed by atoms with Crippen molar-refractivity contribution >= 4 is 35.0 Å². The number of hydrogen-bond acceptors (Lipinski definition) is 9. The first kappa shape index (κ1) is 29.0. The second-order valence-electron chi connectivity index (χ2n) is 10.2. The van der Waals surface area contributed by atoms with E-state index in [-0.39, 0.29) is 57.6 Å². The third-order valence-corrected chi connectivity index (χ3v) is 8.10. The molecule has 0 radical (unpaired) electrons. The molecule has 5 rings (SSSR count). The van der Waals surface area contributed by atoms with Gasteiger partial charge in [0.25, 0.3) is 0 Å². The first-order chi connectivity index (χ1) is 20.0. The van der Waals surface area contributed by atoms with E-state index in [4.69, 9.17) is 40.7 Å². The van der Waals surface area contributed by atoms with E-state index in [2.05, 4.69) is 5.32 Å². The average molecular weight is 597 g/mol. The number of rotatable bonds is 8. The first-order valence-corrected chi connectivity index (χ1v) is 13.5. The number of primary amides is 1. The van der Waals surface area contributed by atoms with Gasteiger partial charge in [-0.3, -0.25) is 19.2 Å². The van der Waals surface area contributed by atoms with Crippen LogP contribution in [-0.2, 0) is 22.4 Å². The molecule has 1 aliphatic heterocycles. The van der Waals surface area contributed by atoms with E-state index in [1.807, 2.05) is 0 Å². The fourth-order valence-corrected chi connectivity index (χ4v) is 5.76. The highest BCUT2D eigenvalue weighted by atomic mass is 35.5. The summed E-state index contributed by atoms with van der Waals surface area (Å²) in [5.41, 5.74) is 4.23. The minimum absolute atomic E-state index is 0.0186. The fourth-order valence-electron chi connectivity index (χ4n) is 5.50. The maximum Gasteiger partial charge on any atom is 0.239 e. The van der Waals surface area contributed by atoms with Crippen LogP contribution in [-0.4, -0.2) is 56.4 Å². The van der Waals surface area contributed by atoms with Gasteiger partial charge < -0.3 is 34.4 Å². The van der Waals surface area contributed by atoms with Gasteiger partial charge in [0.05, 0.1) is 33.3 Å². The van der Waals surface area contributed by atoms with Crippen molar-refractivity contribution in [2.24, 2.45) is 11.7 Å². The van der Waals surface area contributed by atoms with Gasteiger partial charge >= 0.3 is 0 Å². The summed E-state index contributed by atoms with van der Waals surface area (Å²) in [6.07, 6.45) is -0.201. The van der Waals surface area contributed by atoms with Crippen molar-refractivity contribution in [3.05, 3.63) is 57.8 Å². The molecule has 0 saturated heterocycles. The van der Waals surface area contributed by atoms with Gasteiger partial charge in [-0.15, -0.1) is 0 Å². The van der Waals surface area contributed by atoms with Gasteiger partial charge in [0.2, 0.25) is 29.0 Å². The van der Waals surface area contributed by atoms with Crippen molar-refractivity contribution in [2.45, 2.75) is 38.3 Å². The summed E-state index contributed by atoms with van der Waals surface area (Å²) in [4.78, 5) is 53.3. The second-order valence-corrected chi connectivity index (χ2v) is 10.6. The molecule has 0 unspecified atom stereocenters. The zero-order chi connectivity index (χ0) is 30.5. The zero-order valence-corrected chi connectivity index (χ0v) is 24.3. The van der Waals surface area contributed by atoms with E-state index in [0.717, 1.165) is 0 Å². The number of ether oxygens (including phenoxy) is 4. The highest BCUT2D eigenvalue weighted by molar-refractivity contribution is 6.36. The summed E-state index contributed by atoms with van der Waals surface area (Å²) in [6.45, 7) is 3.16. The number of nitrogens with two attached hydrogens (primary N) is 1. The summed E-state index contributed by atoms with van der Waals surface area (Å²) in [5, 5.41) is 2.56. The Morgan fingerprint density at radius 3 is 2.31 bits per heavy atom. The topological polar surface area (TPSA) is 156 Å². The minimum atomic E-state index is -1.99. The largest absolute Gasteiger partial charge is 0.497 e. The van der Waals surface area contributed by atoms with Crippen molar-refractivity contribution in [1.82, 2.24) is 5.32 Å². The third kappa shape index (κ3) is 4.35. The average Bonchev–Trinajstić information content (AvgIpc) is 3.48. The standard InChI is InChI=1S/C30H29ClN2O9/c1-13-10-19-22(27(35)30(13)28(36)23-18(39-4)12-20(40-5)24(31)26(23)42-30)17(11-21(34)33-14(2)29(32)37)25(41-19)15-6-8-16(38-3)9-7-15/h6-9,12-14H,10-11H2,1-5H3,(H2,32,37)(H,33,34)/t13-,14+,30+/m1/s1. The summed E-state index contributed by atoms with van der Waals surface area (Å²) in [6, 6.07) is 7.38. The summed E-state index contributed by atoms with van der Waals surface area (Å²) in [5.74, 6) is -1.78. The maximum absolute atomic E-state index is 14.5. The Bertz CT molecular complexity index is 1630. The number of carbonyl (C=O) groups is 4. The van der Waals surface area contributed by atoms with E-state index < -0.39 is 40.9 Å². The lowest BCUT2D eigenvalue weighted by atomic mass is 9.70. The van der Waals surface area contributed by atoms with Gasteiger partial charge in [-0.1, -0.05) is 18.5 Å². The third-order valence-electron chi connectivity index (χ3n) is 7.74. The van der Waals surface area contributed by atoms with Crippen molar-refractivity contribution in [3.8, 4) is 34.3 Å². The van der Waals surface area contributed by atoms with Gasteiger partial charge in [0.15, 0.2) is 5.75 Å². The van der Waals surface area contributed by atoms with Crippen LogP contribution in [0.2, 0.25) is 5.02 Å². The molecule has 2 amide bonds. The summed E-state index contributed by atoms with van der Waals surface area (Å²) < 4.78 is 28.5. The SMILES string of the molecule is COc1ccc(-c2oc3c(c2CC(=O)N[C@@H](C)C(N)=O)C(=O)[C@@]2(Oc4c(Cl)c(OC)cc(OC)c4C2=O)[C@H](C)C3)cc1. The lowest BCUT2D eigenvalue weighted by Gasteiger charge is -2.35. The van der Waals surface area contributed by atoms with Crippen molar-refractivity contribution < 1.29 is 42.5 Å². The lowest BCUT2D eigenvalue weighted by Crippen LogP contribution is -2.56. The minimum Gasteiger partial charge on any atom is -0.497 e. The van der Waals surface area contributed by atoms with Crippen LogP contribution in [0.3, 0.4) is 0 Å². The molecule has 1 spiro atoms. The molecule has 3 aromatic rings. The van der Waals surface area contributed by atoms with Crippen LogP contribution in [0.25, 0.3) is 11.3 Å². The van der Waals surface area contributed by atoms with E-state index in [9.17, 15) is 19.2 Å². The predicted molar refractivity (Wildman–Crippen MR) is 151 cm³/mol. The molecule has 2 aliphatic rings. The Morgan fingerprint density at radius 2 is 1.71 bits per heavy atom. The van der Waals surface area contributed by atoms with Crippen molar-refractivity contribution in [2.75, 3.05) is 21.3 Å². The summed E-state index contributed by atoms with van der Waals surface area (Å²) in [7, 11) is 4.32. The van der Waals surface area contributed by atoms with Gasteiger partial charge in [-0.2, -0.15) is 0 Å². The highest BCUT2D eigenvalue weighted by Crippen LogP contribution is 2.54. The molecule has 12 heteroatoms. The predicted octanol–water partition coefficient (Wildman–Crippen LogP) is 3.55. The number of hydrogen-bond donors (Lipinski definition) is 2.